The van der Waals surface area contributed by atoms with E-state index >= 15 is 0 Å². The molecule has 0 radical (unpaired) electrons. The van der Waals surface area contributed by atoms with Crippen molar-refractivity contribution in [3.8, 4) is 0 Å². The van der Waals surface area contributed by atoms with Crippen LogP contribution in [-0.2, 0) is 4.79 Å². The Labute approximate surface area is 83.5 Å². The van der Waals surface area contributed by atoms with E-state index in [9.17, 15) is 4.79 Å². The van der Waals surface area contributed by atoms with Gasteiger partial charge in [0.15, 0.2) is 0 Å². The smallest absolute Gasteiger partial charge is 0.220 e. The van der Waals surface area contributed by atoms with E-state index in [1.54, 1.807) is 0 Å². The van der Waals surface area contributed by atoms with Crippen molar-refractivity contribution in [2.45, 2.75) is 12.8 Å². The van der Waals surface area contributed by atoms with Crippen LogP contribution in [0.4, 0.5) is 0 Å². The van der Waals surface area contributed by atoms with Crippen molar-refractivity contribution in [2.75, 3.05) is 19.6 Å². The summed E-state index contributed by atoms with van der Waals surface area (Å²) >= 11 is 0. The molecule has 0 aromatic rings. The van der Waals surface area contributed by atoms with Gasteiger partial charge in [-0.3, -0.25) is 15.6 Å². The van der Waals surface area contributed by atoms with Crippen molar-refractivity contribution >= 4 is 18.6 Å². The average molecular weight is 199 g/mol. The number of amides is 1. The third-order valence-electron chi connectivity index (χ3n) is 1.63. The third kappa shape index (κ3) is 6.13. The molecule has 0 saturated heterocycles. The molecule has 0 heterocycles. The summed E-state index contributed by atoms with van der Waals surface area (Å²) in [6.07, 6.45) is 3.20. The van der Waals surface area contributed by atoms with Gasteiger partial charge >= 0.3 is 0 Å². The molecule has 0 atom stereocenters. The van der Waals surface area contributed by atoms with Crippen LogP contribution in [0.3, 0.4) is 0 Å². The Morgan fingerprint density at radius 2 is 2.07 bits per heavy atom. The monoisotopic (exact) mass is 199 g/mol. The zero-order valence-corrected chi connectivity index (χ0v) is 8.12. The van der Waals surface area contributed by atoms with E-state index in [0.717, 1.165) is 12.7 Å². The lowest BCUT2D eigenvalue weighted by molar-refractivity contribution is -0.121. The number of nitrogens with one attached hydrogen (secondary N) is 3. The van der Waals surface area contributed by atoms with Crippen LogP contribution in [-0.4, -0.2) is 43.1 Å². The van der Waals surface area contributed by atoms with Gasteiger partial charge in [-0.05, 0) is 13.0 Å². The first-order chi connectivity index (χ1) is 6.74. The minimum atomic E-state index is -0.0367. The molecule has 0 aromatic carbocycles. The molecular weight excluding hydrogens is 182 g/mol. The fraction of sp³-hybridized carbons (Fsp3) is 0.625. The Bertz CT molecular complexity index is 186. The van der Waals surface area contributed by atoms with E-state index in [2.05, 4.69) is 5.32 Å². The third-order valence-corrected chi connectivity index (χ3v) is 1.63. The van der Waals surface area contributed by atoms with Crippen molar-refractivity contribution in [1.29, 1.82) is 10.8 Å². The number of nitrogens with zero attached hydrogens (tertiary/aromatic N) is 1. The average Bonchev–Trinajstić information content (AvgIpc) is 2.21. The number of hydrogen-bond acceptors (Lipinski definition) is 4. The highest BCUT2D eigenvalue weighted by molar-refractivity contribution is 5.76. The fourth-order valence-electron chi connectivity index (χ4n) is 0.842. The normalized spacial score (nSPS) is 9.21. The molecule has 14 heavy (non-hydrogen) atoms. The predicted molar refractivity (Wildman–Crippen MR) is 55.6 cm³/mol. The summed E-state index contributed by atoms with van der Waals surface area (Å²) in [5, 5.41) is 16.4. The highest BCUT2D eigenvalue weighted by atomic mass is 16.1. The summed E-state index contributed by atoms with van der Waals surface area (Å²) in [7, 11) is 0. The minimum absolute atomic E-state index is 0.0367. The number of rotatable bonds is 8. The Balaban J connectivity index is 3.47. The quantitative estimate of drug-likeness (QED) is 0.308. The van der Waals surface area contributed by atoms with E-state index in [1.807, 2.05) is 0 Å². The molecule has 80 valence electrons. The van der Waals surface area contributed by atoms with Crippen LogP contribution in [0.15, 0.2) is 0 Å². The molecular formula is C8H17N5O. The van der Waals surface area contributed by atoms with Crippen molar-refractivity contribution in [3.05, 3.63) is 0 Å². The molecule has 6 heteroatoms. The van der Waals surface area contributed by atoms with Crippen LogP contribution in [0.5, 0.6) is 0 Å². The van der Waals surface area contributed by atoms with Gasteiger partial charge in [0.2, 0.25) is 5.91 Å². The Morgan fingerprint density at radius 1 is 1.43 bits per heavy atom. The summed E-state index contributed by atoms with van der Waals surface area (Å²) in [6.45, 7) is 1.40. The first kappa shape index (κ1) is 12.6. The molecule has 1 amide bonds. The Morgan fingerprint density at radius 3 is 2.57 bits per heavy atom. The van der Waals surface area contributed by atoms with Crippen LogP contribution in [0.25, 0.3) is 0 Å². The molecule has 0 aliphatic heterocycles. The largest absolute Gasteiger partial charge is 0.354 e. The highest BCUT2D eigenvalue weighted by Crippen LogP contribution is 1.85. The predicted octanol–water partition coefficient (Wildman–Crippen LogP) is -0.642. The first-order valence-corrected chi connectivity index (χ1v) is 4.48. The van der Waals surface area contributed by atoms with Crippen LogP contribution < -0.4 is 11.1 Å². The first-order valence-electron chi connectivity index (χ1n) is 4.48. The van der Waals surface area contributed by atoms with Crippen LogP contribution in [0.2, 0.25) is 0 Å². The summed E-state index contributed by atoms with van der Waals surface area (Å²) in [5.41, 5.74) is 5.25. The second kappa shape index (κ2) is 8.18. The molecule has 0 rings (SSSR count). The van der Waals surface area contributed by atoms with Crippen LogP contribution >= 0.6 is 0 Å². The maximum Gasteiger partial charge on any atom is 0.220 e. The van der Waals surface area contributed by atoms with Gasteiger partial charge in [0.25, 0.3) is 0 Å². The minimum Gasteiger partial charge on any atom is -0.354 e. The van der Waals surface area contributed by atoms with Crippen LogP contribution in [0, 0.1) is 10.8 Å². The van der Waals surface area contributed by atoms with Crippen LogP contribution in [0.1, 0.15) is 12.8 Å². The lowest BCUT2D eigenvalue weighted by atomic mass is 10.3. The molecule has 6 nitrogen and oxygen atoms in total. The SMILES string of the molecule is N=CN(C=N)CCNC(=O)CCCN. The lowest BCUT2D eigenvalue weighted by Gasteiger charge is -2.12. The summed E-state index contributed by atoms with van der Waals surface area (Å²) in [4.78, 5) is 12.4. The van der Waals surface area contributed by atoms with Crippen molar-refractivity contribution < 1.29 is 4.79 Å². The Hall–Kier alpha value is -1.43. The number of hydrogen-bond donors (Lipinski definition) is 4. The van der Waals surface area contributed by atoms with Crippen molar-refractivity contribution in [1.82, 2.24) is 10.2 Å². The zero-order chi connectivity index (χ0) is 10.8. The molecule has 5 N–H and O–H groups in total. The number of carbonyl (C=O) groups is 1. The molecule has 0 aliphatic carbocycles. The molecule has 0 aliphatic rings. The number of carbonyl (C=O) groups excluding carboxylic acids is 1. The second-order valence-corrected chi connectivity index (χ2v) is 2.74. The van der Waals surface area contributed by atoms with Gasteiger partial charge in [-0.25, -0.2) is 0 Å². The van der Waals surface area contributed by atoms with Gasteiger partial charge in [0.05, 0.1) is 12.7 Å². The van der Waals surface area contributed by atoms with Gasteiger partial charge < -0.3 is 16.0 Å². The summed E-state index contributed by atoms with van der Waals surface area (Å²) < 4.78 is 0. The molecule has 0 aromatic heterocycles. The van der Waals surface area contributed by atoms with Gasteiger partial charge in [-0.2, -0.15) is 0 Å². The van der Waals surface area contributed by atoms with Gasteiger partial charge in [0.1, 0.15) is 0 Å². The molecule has 0 unspecified atom stereocenters. The lowest BCUT2D eigenvalue weighted by Crippen LogP contribution is -2.33. The molecule has 0 bridgehead atoms. The van der Waals surface area contributed by atoms with E-state index in [1.165, 1.54) is 4.90 Å². The fourth-order valence-corrected chi connectivity index (χ4v) is 0.842. The van der Waals surface area contributed by atoms with Gasteiger partial charge in [-0.15, -0.1) is 0 Å². The van der Waals surface area contributed by atoms with Crippen molar-refractivity contribution in [2.24, 2.45) is 5.73 Å². The molecule has 0 saturated carbocycles. The van der Waals surface area contributed by atoms with E-state index in [0.29, 0.717) is 32.5 Å². The topological polar surface area (TPSA) is 106 Å². The number of nitrogens with two attached hydrogens (primary N) is 1. The highest BCUT2D eigenvalue weighted by Gasteiger charge is 2.00. The maximum absolute atomic E-state index is 11.1. The summed E-state index contributed by atoms with van der Waals surface area (Å²) in [5.74, 6) is -0.0367. The standard InChI is InChI=1S/C8H17N5O/c9-3-1-2-8(14)12-4-5-13(6-10)7-11/h6-7,10-11H,1-5,9H2,(H,12,14). The van der Waals surface area contributed by atoms with Crippen molar-refractivity contribution in [3.63, 3.8) is 0 Å². The summed E-state index contributed by atoms with van der Waals surface area (Å²) in [6, 6.07) is 0. The van der Waals surface area contributed by atoms with E-state index < -0.39 is 0 Å². The van der Waals surface area contributed by atoms with E-state index in [-0.39, 0.29) is 5.91 Å². The van der Waals surface area contributed by atoms with E-state index in [4.69, 9.17) is 16.6 Å². The maximum atomic E-state index is 11.1. The van der Waals surface area contributed by atoms with Gasteiger partial charge in [-0.1, -0.05) is 0 Å². The Kier molecular flexibility index (Phi) is 7.35. The second-order valence-electron chi connectivity index (χ2n) is 2.74. The molecule has 0 spiro atoms. The zero-order valence-electron chi connectivity index (χ0n) is 8.12. The molecule has 0 fully saturated rings. The van der Waals surface area contributed by atoms with Gasteiger partial charge in [0, 0.05) is 19.5 Å².